The average Bonchev–Trinajstić information content (AvgIpc) is 3.18. The summed E-state index contributed by atoms with van der Waals surface area (Å²) < 4.78 is 13.6. The van der Waals surface area contributed by atoms with Gasteiger partial charge in [0.05, 0.1) is 11.8 Å². The van der Waals surface area contributed by atoms with Gasteiger partial charge in [0.15, 0.2) is 5.82 Å². The number of fused-ring (bicyclic) bond motifs is 1. The molecule has 1 atom stereocenters. The van der Waals surface area contributed by atoms with Crippen LogP contribution in [0.25, 0.3) is 11.0 Å². The van der Waals surface area contributed by atoms with E-state index >= 15 is 0 Å². The minimum atomic E-state index is -0.751. The zero-order chi connectivity index (χ0) is 15.9. The predicted molar refractivity (Wildman–Crippen MR) is 91.4 cm³/mol. The van der Waals surface area contributed by atoms with E-state index in [0.717, 1.165) is 59.2 Å². The van der Waals surface area contributed by atoms with Gasteiger partial charge in [-0.25, -0.2) is 9.97 Å². The second-order valence-electron chi connectivity index (χ2n) is 6.36. The van der Waals surface area contributed by atoms with Crippen molar-refractivity contribution in [3.63, 3.8) is 0 Å². The summed E-state index contributed by atoms with van der Waals surface area (Å²) in [5.74, 6) is 3.13. The summed E-state index contributed by atoms with van der Waals surface area (Å²) in [6.07, 6.45) is 6.27. The Morgan fingerprint density at radius 2 is 2.05 bits per heavy atom. The lowest BCUT2D eigenvalue weighted by Crippen LogP contribution is -2.11. The average molecular weight is 320 g/mol. The van der Waals surface area contributed by atoms with Crippen LogP contribution in [-0.4, -0.2) is 31.1 Å². The Labute approximate surface area is 134 Å². The maximum absolute atomic E-state index is 11.3. The molecule has 5 nitrogen and oxygen atoms in total. The van der Waals surface area contributed by atoms with E-state index in [9.17, 15) is 4.55 Å². The van der Waals surface area contributed by atoms with E-state index < -0.39 is 11.2 Å². The van der Waals surface area contributed by atoms with Crippen molar-refractivity contribution >= 4 is 28.0 Å². The first-order valence-electron chi connectivity index (χ1n) is 7.89. The molecular weight excluding hydrogens is 296 g/mol. The summed E-state index contributed by atoms with van der Waals surface area (Å²) in [5, 5.41) is 0. The molecule has 1 fully saturated rings. The van der Waals surface area contributed by atoms with E-state index in [-0.39, 0.29) is 0 Å². The Hall–Kier alpha value is -1.27. The van der Waals surface area contributed by atoms with Gasteiger partial charge < -0.3 is 14.9 Å². The Morgan fingerprint density at radius 3 is 2.68 bits per heavy atom. The standard InChI is InChI=1S/C16H24N4OS/c1-10-11(2)18-16(17)14-15(10)20(7-4-8-22(3)21)13(19-14)9-12-5-6-12/h12H,4-9H2,1-3H3,(H2,17,18). The summed E-state index contributed by atoms with van der Waals surface area (Å²) in [4.78, 5) is 9.20. The number of anilines is 1. The molecule has 1 aliphatic rings. The van der Waals surface area contributed by atoms with Gasteiger partial charge in [-0.05, 0) is 38.2 Å². The van der Waals surface area contributed by atoms with E-state index in [1.807, 2.05) is 6.92 Å². The van der Waals surface area contributed by atoms with Gasteiger partial charge in [-0.3, -0.25) is 0 Å². The van der Waals surface area contributed by atoms with E-state index in [1.165, 1.54) is 12.8 Å². The highest BCUT2D eigenvalue weighted by Crippen LogP contribution is 2.34. The molecule has 0 saturated heterocycles. The van der Waals surface area contributed by atoms with Gasteiger partial charge in [-0.2, -0.15) is 0 Å². The number of nitrogens with zero attached hydrogens (tertiary/aromatic N) is 3. The first-order valence-corrected chi connectivity index (χ1v) is 9.62. The van der Waals surface area contributed by atoms with Crippen molar-refractivity contribution in [1.29, 1.82) is 0 Å². The molecule has 120 valence electrons. The van der Waals surface area contributed by atoms with Crippen LogP contribution in [0, 0.1) is 19.8 Å². The van der Waals surface area contributed by atoms with Gasteiger partial charge in [-0.15, -0.1) is 0 Å². The third kappa shape index (κ3) is 3.08. The number of aryl methyl sites for hydroxylation is 3. The van der Waals surface area contributed by atoms with E-state index in [1.54, 1.807) is 6.26 Å². The van der Waals surface area contributed by atoms with Gasteiger partial charge in [-0.1, -0.05) is 11.2 Å². The zero-order valence-corrected chi connectivity index (χ0v) is 14.4. The highest BCUT2D eigenvalue weighted by molar-refractivity contribution is 7.90. The second-order valence-corrected chi connectivity index (χ2v) is 7.92. The van der Waals surface area contributed by atoms with Crippen LogP contribution in [0.15, 0.2) is 0 Å². The highest BCUT2D eigenvalue weighted by atomic mass is 32.2. The van der Waals surface area contributed by atoms with E-state index in [0.29, 0.717) is 5.82 Å². The SMILES string of the molecule is Cc1nc(N)c2nc(CC3CC3)n(CCC[S+](C)[O-])c2c1C. The van der Waals surface area contributed by atoms with Crippen LogP contribution in [0.2, 0.25) is 0 Å². The molecule has 2 heterocycles. The van der Waals surface area contributed by atoms with Crippen molar-refractivity contribution in [2.75, 3.05) is 17.7 Å². The van der Waals surface area contributed by atoms with Crippen LogP contribution in [0.1, 0.15) is 36.3 Å². The van der Waals surface area contributed by atoms with Crippen molar-refractivity contribution in [1.82, 2.24) is 14.5 Å². The summed E-state index contributed by atoms with van der Waals surface area (Å²) >= 11 is -0.751. The van der Waals surface area contributed by atoms with Crippen LogP contribution in [0.4, 0.5) is 5.82 Å². The fraction of sp³-hybridized carbons (Fsp3) is 0.625. The van der Waals surface area contributed by atoms with Crippen LogP contribution < -0.4 is 5.73 Å². The third-order valence-corrected chi connectivity index (χ3v) is 5.32. The first kappa shape index (κ1) is 15.6. The number of pyridine rings is 1. The minimum absolute atomic E-state index is 0.521. The number of hydrogen-bond acceptors (Lipinski definition) is 4. The maximum atomic E-state index is 11.3. The van der Waals surface area contributed by atoms with E-state index in [4.69, 9.17) is 10.7 Å². The first-order chi connectivity index (χ1) is 10.5. The third-order valence-electron chi connectivity index (χ3n) is 4.46. The smallest absolute Gasteiger partial charge is 0.151 e. The lowest BCUT2D eigenvalue weighted by Gasteiger charge is -2.12. The molecule has 1 saturated carbocycles. The lowest BCUT2D eigenvalue weighted by molar-refractivity contribution is 0.586. The molecule has 0 aromatic carbocycles. The highest BCUT2D eigenvalue weighted by Gasteiger charge is 2.26. The number of hydrogen-bond donors (Lipinski definition) is 1. The number of nitrogens with two attached hydrogens (primary N) is 1. The second kappa shape index (κ2) is 6.08. The number of nitrogen functional groups attached to an aromatic ring is 1. The Balaban J connectivity index is 2.03. The molecule has 22 heavy (non-hydrogen) atoms. The number of rotatable bonds is 6. The molecule has 2 aromatic rings. The number of imidazole rings is 1. The summed E-state index contributed by atoms with van der Waals surface area (Å²) in [6.45, 7) is 4.92. The van der Waals surface area contributed by atoms with Crippen LogP contribution in [-0.2, 0) is 24.1 Å². The molecular formula is C16H24N4OS. The molecule has 0 spiro atoms. The summed E-state index contributed by atoms with van der Waals surface area (Å²) in [7, 11) is 0. The van der Waals surface area contributed by atoms with Gasteiger partial charge in [0, 0.05) is 25.1 Å². The molecule has 6 heteroatoms. The summed E-state index contributed by atoms with van der Waals surface area (Å²) in [6, 6.07) is 0. The fourth-order valence-corrected chi connectivity index (χ4v) is 3.49. The Kier molecular flexibility index (Phi) is 4.32. The maximum Gasteiger partial charge on any atom is 0.151 e. The molecule has 0 amide bonds. The molecule has 3 rings (SSSR count). The van der Waals surface area contributed by atoms with Crippen molar-refractivity contribution in [3.05, 3.63) is 17.1 Å². The van der Waals surface area contributed by atoms with Crippen molar-refractivity contribution in [2.45, 2.75) is 46.1 Å². The largest absolute Gasteiger partial charge is 0.617 e. The zero-order valence-electron chi connectivity index (χ0n) is 13.6. The van der Waals surface area contributed by atoms with Gasteiger partial charge in [0.2, 0.25) is 0 Å². The monoisotopic (exact) mass is 320 g/mol. The fourth-order valence-electron chi connectivity index (χ4n) is 2.95. The predicted octanol–water partition coefficient (Wildman–Crippen LogP) is 2.35. The quantitative estimate of drug-likeness (QED) is 0.829. The molecule has 0 radical (unpaired) electrons. The van der Waals surface area contributed by atoms with Crippen molar-refractivity contribution in [2.24, 2.45) is 5.92 Å². The molecule has 2 N–H and O–H groups in total. The lowest BCUT2D eigenvalue weighted by atomic mass is 10.2. The minimum Gasteiger partial charge on any atom is -0.617 e. The molecule has 1 unspecified atom stereocenters. The number of aromatic nitrogens is 3. The normalized spacial score (nSPS) is 16.4. The van der Waals surface area contributed by atoms with Crippen molar-refractivity contribution < 1.29 is 4.55 Å². The summed E-state index contributed by atoms with van der Waals surface area (Å²) in [5.41, 5.74) is 10.2. The van der Waals surface area contributed by atoms with Crippen LogP contribution in [0.5, 0.6) is 0 Å². The van der Waals surface area contributed by atoms with Gasteiger partial charge in [0.1, 0.15) is 17.1 Å². The molecule has 0 bridgehead atoms. The van der Waals surface area contributed by atoms with Crippen LogP contribution in [0.3, 0.4) is 0 Å². The van der Waals surface area contributed by atoms with Gasteiger partial charge in [0.25, 0.3) is 0 Å². The Morgan fingerprint density at radius 1 is 1.32 bits per heavy atom. The van der Waals surface area contributed by atoms with Gasteiger partial charge >= 0.3 is 0 Å². The molecule has 1 aliphatic carbocycles. The Bertz CT molecular complexity index is 691. The molecule has 2 aromatic heterocycles. The van der Waals surface area contributed by atoms with Crippen molar-refractivity contribution in [3.8, 4) is 0 Å². The topological polar surface area (TPSA) is 79.8 Å². The van der Waals surface area contributed by atoms with Crippen LogP contribution >= 0.6 is 0 Å². The molecule has 0 aliphatic heterocycles. The van der Waals surface area contributed by atoms with E-state index in [2.05, 4.69) is 16.5 Å².